The highest BCUT2D eigenvalue weighted by Gasteiger charge is 2.16. The number of rotatable bonds is 13. The summed E-state index contributed by atoms with van der Waals surface area (Å²) in [5.41, 5.74) is 0. The molecule has 0 radical (unpaired) electrons. The molecule has 0 fully saturated rings. The molecule has 120 valence electrons. The summed E-state index contributed by atoms with van der Waals surface area (Å²) in [5, 5.41) is 29.3. The molecule has 2 unspecified atom stereocenters. The van der Waals surface area contributed by atoms with Gasteiger partial charge in [-0.3, -0.25) is 4.79 Å². The van der Waals surface area contributed by atoms with Gasteiger partial charge in [0, 0.05) is 6.42 Å². The molecule has 4 N–H and O–H groups in total. The predicted molar refractivity (Wildman–Crippen MR) is 79.1 cm³/mol. The second kappa shape index (κ2) is 13.3. The van der Waals surface area contributed by atoms with Crippen LogP contribution < -0.4 is 5.32 Å². The minimum Gasteiger partial charge on any atom is -0.394 e. The Labute approximate surface area is 122 Å². The molecular weight excluding hydrogens is 258 g/mol. The van der Waals surface area contributed by atoms with Crippen molar-refractivity contribution in [1.29, 1.82) is 0 Å². The Balaban J connectivity index is 3.35. The molecule has 0 aromatic rings. The zero-order valence-electron chi connectivity index (χ0n) is 12.7. The normalized spacial score (nSPS) is 14.0. The van der Waals surface area contributed by atoms with Gasteiger partial charge in [-0.1, -0.05) is 58.3 Å². The summed E-state index contributed by atoms with van der Waals surface area (Å²) in [4.78, 5) is 11.4. The molecule has 5 heteroatoms. The lowest BCUT2D eigenvalue weighted by Crippen LogP contribution is -2.44. The number of carbonyl (C=O) groups is 1. The molecule has 0 saturated heterocycles. The van der Waals surface area contributed by atoms with E-state index in [1.54, 1.807) is 0 Å². The van der Waals surface area contributed by atoms with Crippen LogP contribution in [0.1, 0.15) is 71.1 Å². The Bertz CT molecular complexity index is 236. The Morgan fingerprint density at radius 1 is 0.950 bits per heavy atom. The maximum absolute atomic E-state index is 11.4. The van der Waals surface area contributed by atoms with Crippen molar-refractivity contribution in [3.8, 4) is 0 Å². The topological polar surface area (TPSA) is 89.8 Å². The quantitative estimate of drug-likeness (QED) is 0.307. The molecule has 0 spiro atoms. The zero-order chi connectivity index (χ0) is 15.2. The van der Waals surface area contributed by atoms with Crippen LogP contribution in [-0.2, 0) is 4.79 Å². The second-order valence-electron chi connectivity index (χ2n) is 5.34. The van der Waals surface area contributed by atoms with Gasteiger partial charge >= 0.3 is 0 Å². The molecule has 0 heterocycles. The predicted octanol–water partition coefficient (Wildman–Crippen LogP) is 1.70. The summed E-state index contributed by atoms with van der Waals surface area (Å²) in [5.74, 6) is -0.284. The van der Waals surface area contributed by atoms with Crippen molar-refractivity contribution < 1.29 is 20.1 Å². The third-order valence-electron chi connectivity index (χ3n) is 3.37. The van der Waals surface area contributed by atoms with Crippen molar-refractivity contribution in [1.82, 2.24) is 5.32 Å². The third kappa shape index (κ3) is 11.2. The largest absolute Gasteiger partial charge is 0.394 e. The molecule has 0 rings (SSSR count). The van der Waals surface area contributed by atoms with Gasteiger partial charge in [-0.15, -0.1) is 0 Å². The van der Waals surface area contributed by atoms with Crippen molar-refractivity contribution >= 4 is 5.91 Å². The van der Waals surface area contributed by atoms with Gasteiger partial charge in [-0.05, 0) is 6.42 Å². The molecule has 5 nitrogen and oxygen atoms in total. The molecule has 0 aliphatic carbocycles. The van der Waals surface area contributed by atoms with Crippen molar-refractivity contribution in [2.75, 3.05) is 6.61 Å². The molecule has 0 bridgehead atoms. The second-order valence-corrected chi connectivity index (χ2v) is 5.34. The Morgan fingerprint density at radius 3 is 1.95 bits per heavy atom. The van der Waals surface area contributed by atoms with Gasteiger partial charge in [-0.25, -0.2) is 0 Å². The fourth-order valence-electron chi connectivity index (χ4n) is 2.03. The van der Waals surface area contributed by atoms with Crippen LogP contribution in [0, 0.1) is 0 Å². The average molecular weight is 289 g/mol. The molecule has 0 saturated carbocycles. The highest BCUT2D eigenvalue weighted by Crippen LogP contribution is 2.10. The van der Waals surface area contributed by atoms with Gasteiger partial charge in [0.05, 0.1) is 6.61 Å². The lowest BCUT2D eigenvalue weighted by molar-refractivity contribution is -0.127. The van der Waals surface area contributed by atoms with Crippen LogP contribution in [0.25, 0.3) is 0 Å². The monoisotopic (exact) mass is 289 g/mol. The maximum Gasteiger partial charge on any atom is 0.222 e. The van der Waals surface area contributed by atoms with Crippen LogP contribution in [0.2, 0.25) is 0 Å². The molecule has 0 aromatic carbocycles. The fourth-order valence-corrected chi connectivity index (χ4v) is 2.03. The number of hydrogen-bond acceptors (Lipinski definition) is 4. The smallest absolute Gasteiger partial charge is 0.222 e. The summed E-state index contributed by atoms with van der Waals surface area (Å²) in [6.07, 6.45) is 8.31. The van der Waals surface area contributed by atoms with E-state index in [9.17, 15) is 9.90 Å². The van der Waals surface area contributed by atoms with E-state index in [-0.39, 0.29) is 5.91 Å². The van der Waals surface area contributed by atoms with Crippen LogP contribution in [-0.4, -0.2) is 40.2 Å². The summed E-state index contributed by atoms with van der Waals surface area (Å²) in [6.45, 7) is 1.64. The maximum atomic E-state index is 11.4. The number of nitrogens with one attached hydrogen (secondary N) is 1. The first-order valence-corrected chi connectivity index (χ1v) is 7.88. The van der Waals surface area contributed by atoms with E-state index in [1.807, 2.05) is 0 Å². The van der Waals surface area contributed by atoms with Crippen LogP contribution in [0.5, 0.6) is 0 Å². The van der Waals surface area contributed by atoms with E-state index in [0.29, 0.717) is 6.42 Å². The number of hydrogen-bond donors (Lipinski definition) is 4. The van der Waals surface area contributed by atoms with Crippen LogP contribution in [0.3, 0.4) is 0 Å². The van der Waals surface area contributed by atoms with Crippen molar-refractivity contribution in [2.45, 2.75) is 83.5 Å². The van der Waals surface area contributed by atoms with Crippen LogP contribution in [0.15, 0.2) is 0 Å². The van der Waals surface area contributed by atoms with Crippen molar-refractivity contribution in [2.24, 2.45) is 0 Å². The van der Waals surface area contributed by atoms with E-state index in [4.69, 9.17) is 10.2 Å². The Kier molecular flexibility index (Phi) is 12.9. The van der Waals surface area contributed by atoms with Crippen molar-refractivity contribution in [3.05, 3.63) is 0 Å². The minimum absolute atomic E-state index is 0.284. The molecular formula is C15H31NO4. The zero-order valence-corrected chi connectivity index (χ0v) is 12.7. The molecule has 2 atom stereocenters. The van der Waals surface area contributed by atoms with Crippen molar-refractivity contribution in [3.63, 3.8) is 0 Å². The van der Waals surface area contributed by atoms with Gasteiger partial charge < -0.3 is 20.6 Å². The van der Waals surface area contributed by atoms with Gasteiger partial charge in [0.1, 0.15) is 6.10 Å². The van der Waals surface area contributed by atoms with Gasteiger partial charge in [-0.2, -0.15) is 0 Å². The fraction of sp³-hybridized carbons (Fsp3) is 0.933. The number of aliphatic hydroxyl groups is 3. The highest BCUT2D eigenvalue weighted by atomic mass is 16.4. The molecule has 1 amide bonds. The first-order chi connectivity index (χ1) is 9.61. The average Bonchev–Trinajstić information content (AvgIpc) is 2.44. The van der Waals surface area contributed by atoms with Gasteiger partial charge in [0.15, 0.2) is 6.23 Å². The number of aliphatic hydroxyl groups excluding tert-OH is 3. The number of unbranched alkanes of at least 4 members (excludes halogenated alkanes) is 8. The van der Waals surface area contributed by atoms with Gasteiger partial charge in [0.2, 0.25) is 5.91 Å². The summed E-state index contributed by atoms with van der Waals surface area (Å²) >= 11 is 0. The highest BCUT2D eigenvalue weighted by molar-refractivity contribution is 5.76. The molecule has 0 aromatic heterocycles. The first kappa shape index (κ1) is 19.4. The lowest BCUT2D eigenvalue weighted by Gasteiger charge is -2.16. The summed E-state index contributed by atoms with van der Waals surface area (Å²) in [7, 11) is 0. The minimum atomic E-state index is -1.38. The third-order valence-corrected chi connectivity index (χ3v) is 3.37. The van der Waals surface area contributed by atoms with Gasteiger partial charge in [0.25, 0.3) is 0 Å². The van der Waals surface area contributed by atoms with E-state index < -0.39 is 18.9 Å². The lowest BCUT2D eigenvalue weighted by atomic mass is 10.1. The Hall–Kier alpha value is -0.650. The van der Waals surface area contributed by atoms with Crippen LogP contribution in [0.4, 0.5) is 0 Å². The first-order valence-electron chi connectivity index (χ1n) is 7.88. The summed E-state index contributed by atoms with van der Waals surface area (Å²) < 4.78 is 0. The van der Waals surface area contributed by atoms with E-state index in [0.717, 1.165) is 19.3 Å². The van der Waals surface area contributed by atoms with E-state index in [1.165, 1.54) is 38.5 Å². The standard InChI is InChI=1S/C15H31NO4/c1-2-3-4-5-6-7-8-9-10-11-14(19)16-15(20)13(18)12-17/h13,15,17-18,20H,2-12H2,1H3,(H,16,19). The molecule has 20 heavy (non-hydrogen) atoms. The number of amides is 1. The molecule has 0 aliphatic rings. The number of carbonyl (C=O) groups excluding carboxylic acids is 1. The van der Waals surface area contributed by atoms with Crippen LogP contribution >= 0.6 is 0 Å². The van der Waals surface area contributed by atoms with E-state index in [2.05, 4.69) is 12.2 Å². The molecule has 0 aliphatic heterocycles. The Morgan fingerprint density at radius 2 is 1.45 bits per heavy atom. The SMILES string of the molecule is CCCCCCCCCCCC(=O)NC(O)C(O)CO. The van der Waals surface area contributed by atoms with E-state index >= 15 is 0 Å². The summed E-state index contributed by atoms with van der Waals surface area (Å²) in [6, 6.07) is 0.